The Bertz CT molecular complexity index is 626. The molecule has 0 unspecified atom stereocenters. The highest BCUT2D eigenvalue weighted by Crippen LogP contribution is 2.24. The normalized spacial score (nSPS) is 10.6. The summed E-state index contributed by atoms with van der Waals surface area (Å²) < 4.78 is 0. The first-order chi connectivity index (χ1) is 9.63. The van der Waals surface area contributed by atoms with Crippen molar-refractivity contribution < 1.29 is 4.79 Å². The molecule has 2 aromatic carbocycles. The fourth-order valence-corrected chi connectivity index (χ4v) is 2.31. The van der Waals surface area contributed by atoms with Gasteiger partial charge in [-0.3, -0.25) is 4.79 Å². The van der Waals surface area contributed by atoms with E-state index >= 15 is 0 Å². The van der Waals surface area contributed by atoms with Crippen LogP contribution in [0.25, 0.3) is 0 Å². The van der Waals surface area contributed by atoms with Crippen LogP contribution in [-0.4, -0.2) is 19.4 Å². The minimum Gasteiger partial charge on any atom is -0.319 e. The molecular weight excluding hydrogens is 293 g/mol. The molecule has 4 heteroatoms. The summed E-state index contributed by atoms with van der Waals surface area (Å²) in [4.78, 5) is 12.6. The Morgan fingerprint density at radius 2 is 1.85 bits per heavy atom. The highest BCUT2D eigenvalue weighted by molar-refractivity contribution is 6.42. The summed E-state index contributed by atoms with van der Waals surface area (Å²) in [5.74, 6) is -0.0322. The molecular formula is C16H15Cl2NO. The van der Waals surface area contributed by atoms with E-state index in [1.54, 1.807) is 18.2 Å². The second-order valence-corrected chi connectivity index (χ2v) is 5.28. The van der Waals surface area contributed by atoms with Gasteiger partial charge in [0.1, 0.15) is 0 Å². The molecule has 2 rings (SSSR count). The molecule has 0 aromatic heterocycles. The van der Waals surface area contributed by atoms with Gasteiger partial charge in [0.05, 0.1) is 10.0 Å². The Labute approximate surface area is 128 Å². The maximum Gasteiger partial charge on any atom is 0.193 e. The highest BCUT2D eigenvalue weighted by atomic mass is 35.5. The fourth-order valence-electron chi connectivity index (χ4n) is 2.01. The molecule has 2 nitrogen and oxygen atoms in total. The lowest BCUT2D eigenvalue weighted by molar-refractivity contribution is 0.103. The van der Waals surface area contributed by atoms with E-state index in [0.717, 1.165) is 18.5 Å². The minimum atomic E-state index is -0.0322. The molecule has 0 aliphatic rings. The molecule has 0 aliphatic carbocycles. The van der Waals surface area contributed by atoms with Crippen LogP contribution in [0, 0.1) is 0 Å². The zero-order valence-electron chi connectivity index (χ0n) is 11.1. The Balaban J connectivity index is 2.35. The maximum atomic E-state index is 12.6. The molecule has 104 valence electrons. The summed E-state index contributed by atoms with van der Waals surface area (Å²) >= 11 is 11.9. The Hall–Kier alpha value is -1.35. The van der Waals surface area contributed by atoms with E-state index < -0.39 is 0 Å². The molecule has 20 heavy (non-hydrogen) atoms. The number of nitrogens with one attached hydrogen (secondary N) is 1. The molecule has 0 atom stereocenters. The van der Waals surface area contributed by atoms with Crippen molar-refractivity contribution in [3.63, 3.8) is 0 Å². The summed E-state index contributed by atoms with van der Waals surface area (Å²) in [6, 6.07) is 12.6. The van der Waals surface area contributed by atoms with Gasteiger partial charge in [0.25, 0.3) is 0 Å². The zero-order chi connectivity index (χ0) is 14.5. The van der Waals surface area contributed by atoms with Gasteiger partial charge in [-0.1, -0.05) is 47.5 Å². The van der Waals surface area contributed by atoms with Crippen LogP contribution in [0.4, 0.5) is 0 Å². The van der Waals surface area contributed by atoms with Gasteiger partial charge in [-0.2, -0.15) is 0 Å². The first kappa shape index (κ1) is 15.0. The van der Waals surface area contributed by atoms with Crippen LogP contribution in [0.3, 0.4) is 0 Å². The van der Waals surface area contributed by atoms with E-state index in [2.05, 4.69) is 5.32 Å². The van der Waals surface area contributed by atoms with Crippen LogP contribution in [0.5, 0.6) is 0 Å². The van der Waals surface area contributed by atoms with E-state index in [0.29, 0.717) is 21.2 Å². The van der Waals surface area contributed by atoms with E-state index in [9.17, 15) is 4.79 Å². The minimum absolute atomic E-state index is 0.0322. The lowest BCUT2D eigenvalue weighted by Gasteiger charge is -2.09. The lowest BCUT2D eigenvalue weighted by Crippen LogP contribution is -2.13. The summed E-state index contributed by atoms with van der Waals surface area (Å²) in [6.45, 7) is 0.825. The number of carbonyl (C=O) groups is 1. The first-order valence-electron chi connectivity index (χ1n) is 6.35. The molecule has 0 spiro atoms. The molecule has 0 radical (unpaired) electrons. The van der Waals surface area contributed by atoms with Crippen LogP contribution in [-0.2, 0) is 6.42 Å². The van der Waals surface area contributed by atoms with Gasteiger partial charge in [0, 0.05) is 11.1 Å². The number of likely N-dealkylation sites (N-methyl/N-ethyl adjacent to an activating group) is 1. The third-order valence-electron chi connectivity index (χ3n) is 3.09. The summed E-state index contributed by atoms with van der Waals surface area (Å²) in [7, 11) is 1.89. The summed E-state index contributed by atoms with van der Waals surface area (Å²) in [5, 5.41) is 3.93. The number of hydrogen-bond acceptors (Lipinski definition) is 2. The van der Waals surface area contributed by atoms with Gasteiger partial charge in [0.15, 0.2) is 5.78 Å². The second kappa shape index (κ2) is 6.89. The molecule has 0 saturated carbocycles. The van der Waals surface area contributed by atoms with Crippen LogP contribution in [0.1, 0.15) is 21.5 Å². The third kappa shape index (κ3) is 3.40. The van der Waals surface area contributed by atoms with Gasteiger partial charge in [0.2, 0.25) is 0 Å². The zero-order valence-corrected chi connectivity index (χ0v) is 12.6. The van der Waals surface area contributed by atoms with E-state index in [-0.39, 0.29) is 5.78 Å². The van der Waals surface area contributed by atoms with E-state index in [4.69, 9.17) is 23.2 Å². The number of benzene rings is 2. The van der Waals surface area contributed by atoms with Crippen molar-refractivity contribution in [2.24, 2.45) is 0 Å². The predicted molar refractivity (Wildman–Crippen MR) is 84.0 cm³/mol. The molecule has 1 N–H and O–H groups in total. The van der Waals surface area contributed by atoms with Gasteiger partial charge in [-0.15, -0.1) is 0 Å². The Morgan fingerprint density at radius 1 is 1.10 bits per heavy atom. The van der Waals surface area contributed by atoms with Crippen LogP contribution < -0.4 is 5.32 Å². The van der Waals surface area contributed by atoms with Crippen molar-refractivity contribution in [1.29, 1.82) is 0 Å². The lowest BCUT2D eigenvalue weighted by atomic mass is 9.96. The van der Waals surface area contributed by atoms with E-state index in [1.165, 1.54) is 0 Å². The second-order valence-electron chi connectivity index (χ2n) is 4.47. The number of halogens is 2. The predicted octanol–water partition coefficient (Wildman–Crippen LogP) is 3.99. The molecule has 0 saturated heterocycles. The first-order valence-corrected chi connectivity index (χ1v) is 7.11. The molecule has 0 fully saturated rings. The maximum absolute atomic E-state index is 12.6. The molecule has 0 aliphatic heterocycles. The van der Waals surface area contributed by atoms with Gasteiger partial charge < -0.3 is 5.32 Å². The van der Waals surface area contributed by atoms with Crippen molar-refractivity contribution in [3.05, 3.63) is 69.2 Å². The van der Waals surface area contributed by atoms with Crippen molar-refractivity contribution in [2.75, 3.05) is 13.6 Å². The largest absolute Gasteiger partial charge is 0.319 e. The van der Waals surface area contributed by atoms with Crippen LogP contribution >= 0.6 is 23.2 Å². The average Bonchev–Trinajstić information content (AvgIpc) is 2.47. The monoisotopic (exact) mass is 307 g/mol. The number of hydrogen-bond donors (Lipinski definition) is 1. The molecule has 0 bridgehead atoms. The Morgan fingerprint density at radius 3 is 2.55 bits per heavy atom. The van der Waals surface area contributed by atoms with Crippen LogP contribution in [0.2, 0.25) is 10.0 Å². The molecule has 0 amide bonds. The van der Waals surface area contributed by atoms with Crippen molar-refractivity contribution in [1.82, 2.24) is 5.32 Å². The van der Waals surface area contributed by atoms with Crippen molar-refractivity contribution in [2.45, 2.75) is 6.42 Å². The topological polar surface area (TPSA) is 29.1 Å². The number of carbonyl (C=O) groups excluding carboxylic acids is 1. The van der Waals surface area contributed by atoms with Crippen LogP contribution in [0.15, 0.2) is 42.5 Å². The van der Waals surface area contributed by atoms with Gasteiger partial charge >= 0.3 is 0 Å². The van der Waals surface area contributed by atoms with Gasteiger partial charge in [-0.25, -0.2) is 0 Å². The molecule has 0 heterocycles. The summed E-state index contributed by atoms with van der Waals surface area (Å²) in [6.07, 6.45) is 0.805. The molecule has 2 aromatic rings. The van der Waals surface area contributed by atoms with Gasteiger partial charge in [-0.05, 0) is 43.8 Å². The SMILES string of the molecule is CNCCc1ccccc1C(=O)c1ccc(Cl)c(Cl)c1. The number of ketones is 1. The van der Waals surface area contributed by atoms with E-state index in [1.807, 2.05) is 31.3 Å². The smallest absolute Gasteiger partial charge is 0.193 e. The third-order valence-corrected chi connectivity index (χ3v) is 3.83. The standard InChI is InChI=1S/C16H15Cl2NO/c1-19-9-8-11-4-2-3-5-13(11)16(20)12-6-7-14(17)15(18)10-12/h2-7,10,19H,8-9H2,1H3. The highest BCUT2D eigenvalue weighted by Gasteiger charge is 2.14. The quantitative estimate of drug-likeness (QED) is 0.846. The van der Waals surface area contributed by atoms with Crippen molar-refractivity contribution >= 4 is 29.0 Å². The number of rotatable bonds is 5. The fraction of sp³-hybridized carbons (Fsp3) is 0.188. The Kier molecular flexibility index (Phi) is 5.18. The van der Waals surface area contributed by atoms with Crippen molar-refractivity contribution in [3.8, 4) is 0 Å². The average molecular weight is 308 g/mol. The summed E-state index contributed by atoms with van der Waals surface area (Å²) in [5.41, 5.74) is 2.29.